The lowest BCUT2D eigenvalue weighted by atomic mass is 10.3. The highest BCUT2D eigenvalue weighted by Crippen LogP contribution is 1.95. The van der Waals surface area contributed by atoms with Crippen LogP contribution in [0.4, 0.5) is 4.39 Å². The average Bonchev–Trinajstić information content (AvgIpc) is 1.98. The van der Waals surface area contributed by atoms with Gasteiger partial charge in [-0.25, -0.2) is 4.39 Å². The molecule has 0 unspecified atom stereocenters. The highest BCUT2D eigenvalue weighted by molar-refractivity contribution is 5.97. The fourth-order valence-corrected chi connectivity index (χ4v) is 0.288. The van der Waals surface area contributed by atoms with Crippen LogP contribution in [0, 0.1) is 0 Å². The molecule has 0 radical (unpaired) electrons. The molecule has 0 rings (SSSR count). The molecule has 0 saturated carbocycles. The lowest BCUT2D eigenvalue weighted by Crippen LogP contribution is -1.94. The molecule has 10 heavy (non-hydrogen) atoms. The summed E-state index contributed by atoms with van der Waals surface area (Å²) in [6.45, 7) is 7.33. The van der Waals surface area contributed by atoms with Gasteiger partial charge in [-0.15, -0.1) is 0 Å². The average molecular weight is 144 g/mol. The molecule has 56 valence electrons. The first-order chi connectivity index (χ1) is 4.72. The monoisotopic (exact) mass is 144 g/mol. The predicted molar refractivity (Wildman–Crippen MR) is 38.9 cm³/mol. The Balaban J connectivity index is 3.91. The maximum absolute atomic E-state index is 11.3. The van der Waals surface area contributed by atoms with Gasteiger partial charge in [0.25, 0.3) is 6.86 Å². The van der Waals surface area contributed by atoms with E-state index in [-0.39, 0.29) is 0 Å². The van der Waals surface area contributed by atoms with E-state index < -0.39 is 6.86 Å². The van der Waals surface area contributed by atoms with E-state index in [9.17, 15) is 4.39 Å². The van der Waals surface area contributed by atoms with E-state index in [1.54, 1.807) is 6.92 Å². The molecule has 0 aliphatic heterocycles. The summed E-state index contributed by atoms with van der Waals surface area (Å²) in [5.41, 5.74) is 0.807. The smallest absolute Gasteiger partial charge is 0.255 e. The lowest BCUT2D eigenvalue weighted by Gasteiger charge is -1.95. The summed E-state index contributed by atoms with van der Waals surface area (Å²) in [5, 5.41) is 3.32. The maximum atomic E-state index is 11.3. The number of aliphatic imine (C=N–C) groups is 1. The van der Waals surface area contributed by atoms with Gasteiger partial charge in [0.2, 0.25) is 0 Å². The van der Waals surface area contributed by atoms with Crippen LogP contribution in [0.5, 0.6) is 0 Å². The van der Waals surface area contributed by atoms with E-state index >= 15 is 0 Å². The third kappa shape index (κ3) is 2.96. The van der Waals surface area contributed by atoms with Crippen molar-refractivity contribution in [1.82, 2.24) is 0 Å². The summed E-state index contributed by atoms with van der Waals surface area (Å²) >= 11 is 0. The number of alkyl halides is 1. The van der Waals surface area contributed by atoms with Gasteiger partial charge >= 0.3 is 0 Å². The Labute approximate surface area is 58.9 Å². The first-order valence-corrected chi connectivity index (χ1v) is 2.61. The highest BCUT2D eigenvalue weighted by Gasteiger charge is 1.93. The molecular formula is C6H9FN2O. The normalized spacial score (nSPS) is 10.8. The van der Waals surface area contributed by atoms with Crippen molar-refractivity contribution >= 4 is 12.4 Å². The minimum absolute atomic E-state index is 0.383. The van der Waals surface area contributed by atoms with E-state index in [0.717, 1.165) is 0 Å². The van der Waals surface area contributed by atoms with Crippen molar-refractivity contribution in [3.8, 4) is 0 Å². The van der Waals surface area contributed by atoms with Gasteiger partial charge in [0.1, 0.15) is 5.71 Å². The maximum Gasteiger partial charge on any atom is 0.255 e. The van der Waals surface area contributed by atoms with Crippen LogP contribution in [0.2, 0.25) is 0 Å². The first-order valence-electron chi connectivity index (χ1n) is 2.61. The first kappa shape index (κ1) is 8.81. The van der Waals surface area contributed by atoms with Crippen LogP contribution in [-0.4, -0.2) is 19.3 Å². The van der Waals surface area contributed by atoms with Gasteiger partial charge in [0.15, 0.2) is 0 Å². The zero-order valence-corrected chi connectivity index (χ0v) is 5.80. The van der Waals surface area contributed by atoms with Crippen LogP contribution < -0.4 is 0 Å². The molecule has 0 heterocycles. The van der Waals surface area contributed by atoms with Gasteiger partial charge < -0.3 is 4.84 Å². The van der Waals surface area contributed by atoms with Crippen LogP contribution in [0.1, 0.15) is 6.92 Å². The number of hydrogen-bond acceptors (Lipinski definition) is 3. The third-order valence-electron chi connectivity index (χ3n) is 0.859. The largest absolute Gasteiger partial charge is 0.362 e. The van der Waals surface area contributed by atoms with E-state index in [2.05, 4.69) is 28.3 Å². The second-order valence-corrected chi connectivity index (χ2v) is 1.52. The van der Waals surface area contributed by atoms with Crippen LogP contribution >= 0.6 is 0 Å². The van der Waals surface area contributed by atoms with E-state index in [1.807, 2.05) is 0 Å². The van der Waals surface area contributed by atoms with Gasteiger partial charge in [-0.05, 0) is 13.6 Å². The molecule has 0 aliphatic rings. The van der Waals surface area contributed by atoms with Gasteiger partial charge in [-0.2, -0.15) is 0 Å². The quantitative estimate of drug-likeness (QED) is 0.435. The molecule has 3 nitrogen and oxygen atoms in total. The summed E-state index contributed by atoms with van der Waals surface area (Å²) in [4.78, 5) is 7.55. The van der Waals surface area contributed by atoms with Crippen molar-refractivity contribution in [2.45, 2.75) is 6.92 Å². The summed E-state index contributed by atoms with van der Waals surface area (Å²) < 4.78 is 11.3. The highest BCUT2D eigenvalue weighted by atomic mass is 19.1. The number of halogens is 1. The molecule has 0 aliphatic carbocycles. The van der Waals surface area contributed by atoms with Crippen molar-refractivity contribution in [2.24, 2.45) is 10.1 Å². The molecule has 0 spiro atoms. The molecule has 0 atom stereocenters. The zero-order chi connectivity index (χ0) is 7.98. The number of hydrogen-bond donors (Lipinski definition) is 0. The van der Waals surface area contributed by atoms with Crippen molar-refractivity contribution in [3.05, 3.63) is 12.3 Å². The minimum atomic E-state index is -0.943. The molecule has 0 fully saturated rings. The Morgan fingerprint density at radius 2 is 2.30 bits per heavy atom. The fourth-order valence-electron chi connectivity index (χ4n) is 0.288. The van der Waals surface area contributed by atoms with Crippen LogP contribution in [0.25, 0.3) is 0 Å². The molecule has 0 saturated heterocycles. The Morgan fingerprint density at radius 1 is 1.70 bits per heavy atom. The van der Waals surface area contributed by atoms with Gasteiger partial charge in [-0.1, -0.05) is 11.7 Å². The number of rotatable bonds is 4. The van der Waals surface area contributed by atoms with E-state index in [4.69, 9.17) is 0 Å². The number of allylic oxidation sites excluding steroid dienone is 1. The molecule has 0 aromatic carbocycles. The van der Waals surface area contributed by atoms with Crippen LogP contribution in [-0.2, 0) is 4.84 Å². The van der Waals surface area contributed by atoms with Gasteiger partial charge in [0, 0.05) is 0 Å². The summed E-state index contributed by atoms with van der Waals surface area (Å²) in [5.74, 6) is 0. The SMILES string of the molecule is C=NC(=C)C(C)=NOCF. The van der Waals surface area contributed by atoms with E-state index in [0.29, 0.717) is 11.4 Å². The molecule has 0 bridgehead atoms. The fraction of sp³-hybridized carbons (Fsp3) is 0.333. The summed E-state index contributed by atoms with van der Waals surface area (Å²) in [6, 6.07) is 0. The molecule has 0 N–H and O–H groups in total. The number of oxime groups is 1. The van der Waals surface area contributed by atoms with E-state index in [1.165, 1.54) is 0 Å². The summed E-state index contributed by atoms with van der Waals surface area (Å²) in [7, 11) is 0. The van der Waals surface area contributed by atoms with Gasteiger partial charge in [-0.3, -0.25) is 4.99 Å². The van der Waals surface area contributed by atoms with Gasteiger partial charge in [0.05, 0.1) is 5.70 Å². The van der Waals surface area contributed by atoms with Crippen LogP contribution in [0.3, 0.4) is 0 Å². The topological polar surface area (TPSA) is 34.0 Å². The molecule has 0 aromatic rings. The van der Waals surface area contributed by atoms with Crippen LogP contribution in [0.15, 0.2) is 22.4 Å². The minimum Gasteiger partial charge on any atom is -0.362 e. The third-order valence-corrected chi connectivity index (χ3v) is 0.859. The molecule has 4 heteroatoms. The molecule has 0 aromatic heterocycles. The van der Waals surface area contributed by atoms with Crippen molar-refractivity contribution in [1.29, 1.82) is 0 Å². The summed E-state index contributed by atoms with van der Waals surface area (Å²) in [6.07, 6.45) is 0. The lowest BCUT2D eigenvalue weighted by molar-refractivity contribution is 0.0635. The molecule has 0 amide bonds. The van der Waals surface area contributed by atoms with Crippen molar-refractivity contribution < 1.29 is 9.23 Å². The second kappa shape index (κ2) is 4.67. The Morgan fingerprint density at radius 3 is 2.70 bits per heavy atom. The Bertz CT molecular complexity index is 165. The molecular weight excluding hydrogens is 135 g/mol. The number of nitrogens with zero attached hydrogens (tertiary/aromatic N) is 2. The van der Waals surface area contributed by atoms with Crippen molar-refractivity contribution in [2.75, 3.05) is 6.86 Å². The Hall–Kier alpha value is -1.19. The Kier molecular flexibility index (Phi) is 4.11. The second-order valence-electron chi connectivity index (χ2n) is 1.52. The zero-order valence-electron chi connectivity index (χ0n) is 5.80. The van der Waals surface area contributed by atoms with Crippen molar-refractivity contribution in [3.63, 3.8) is 0 Å². The predicted octanol–water partition coefficient (Wildman–Crippen LogP) is 1.52. The standard InChI is InChI=1S/C6H9FN2O/c1-5(8-3)6(2)9-10-4-7/h1,3-4H2,2H3.